The molecule has 1 aromatic rings. The molecule has 5 nitrogen and oxygen atoms in total. The molecule has 0 saturated carbocycles. The largest absolute Gasteiger partial charge is 0.374 e. The summed E-state index contributed by atoms with van der Waals surface area (Å²) >= 11 is 0. The van der Waals surface area contributed by atoms with Crippen molar-refractivity contribution in [3.8, 4) is 0 Å². The van der Waals surface area contributed by atoms with E-state index in [-0.39, 0.29) is 12.2 Å². The van der Waals surface area contributed by atoms with Crippen LogP contribution in [0.15, 0.2) is 35.2 Å². The average molecular weight is 340 g/mol. The fraction of sp³-hybridized carbons (Fsp3) is 0.647. The standard InChI is InChI=1S/C17H24O5S/c1-13-16(23(18,19)15-6-4-3-5-7-15)12-14(22-13)8-9-17(2)20-10-11-21-17/h3-7,13-14,16H,8-12H2,1-2H3/t13-,14+,16+/m0/s1. The molecule has 0 unspecified atom stereocenters. The van der Waals surface area contributed by atoms with Gasteiger partial charge in [0, 0.05) is 6.42 Å². The maximum atomic E-state index is 12.8. The zero-order valence-electron chi connectivity index (χ0n) is 13.6. The molecule has 2 aliphatic heterocycles. The molecule has 0 spiro atoms. The van der Waals surface area contributed by atoms with Gasteiger partial charge in [-0.2, -0.15) is 0 Å². The molecule has 0 radical (unpaired) electrons. The summed E-state index contributed by atoms with van der Waals surface area (Å²) < 4.78 is 42.7. The highest BCUT2D eigenvalue weighted by Gasteiger charge is 2.42. The number of ether oxygens (including phenoxy) is 3. The van der Waals surface area contributed by atoms with Crippen molar-refractivity contribution in [1.29, 1.82) is 0 Å². The van der Waals surface area contributed by atoms with Crippen LogP contribution in [0.3, 0.4) is 0 Å². The Morgan fingerprint density at radius 3 is 2.48 bits per heavy atom. The van der Waals surface area contributed by atoms with Gasteiger partial charge < -0.3 is 14.2 Å². The zero-order valence-corrected chi connectivity index (χ0v) is 14.4. The molecule has 2 heterocycles. The number of sulfone groups is 1. The average Bonchev–Trinajstić information content (AvgIpc) is 3.13. The molecule has 0 N–H and O–H groups in total. The topological polar surface area (TPSA) is 61.8 Å². The lowest BCUT2D eigenvalue weighted by atomic mass is 10.1. The van der Waals surface area contributed by atoms with Crippen LogP contribution in [0.1, 0.15) is 33.1 Å². The molecule has 0 aromatic heterocycles. The Labute approximate surface area is 137 Å². The molecule has 2 fully saturated rings. The maximum Gasteiger partial charge on any atom is 0.183 e. The first-order valence-electron chi connectivity index (χ1n) is 8.13. The van der Waals surface area contributed by atoms with Crippen molar-refractivity contribution in [3.63, 3.8) is 0 Å². The Morgan fingerprint density at radius 1 is 1.17 bits per heavy atom. The monoisotopic (exact) mass is 340 g/mol. The Balaban J connectivity index is 1.64. The van der Waals surface area contributed by atoms with Crippen LogP contribution in [0.2, 0.25) is 0 Å². The zero-order chi connectivity index (χ0) is 16.5. The van der Waals surface area contributed by atoms with E-state index in [9.17, 15) is 8.42 Å². The molecular weight excluding hydrogens is 316 g/mol. The van der Waals surface area contributed by atoms with Crippen LogP contribution in [0, 0.1) is 0 Å². The summed E-state index contributed by atoms with van der Waals surface area (Å²) in [6, 6.07) is 8.62. The maximum absolute atomic E-state index is 12.8. The number of benzene rings is 1. The van der Waals surface area contributed by atoms with Crippen molar-refractivity contribution in [2.45, 2.75) is 61.3 Å². The molecule has 128 valence electrons. The molecule has 3 rings (SSSR count). The lowest BCUT2D eigenvalue weighted by Crippen LogP contribution is -2.28. The van der Waals surface area contributed by atoms with E-state index >= 15 is 0 Å². The van der Waals surface area contributed by atoms with E-state index in [0.29, 0.717) is 31.0 Å². The SMILES string of the molecule is C[C@@H]1O[C@H](CCC2(C)OCCO2)C[C@H]1S(=O)(=O)c1ccccc1. The lowest BCUT2D eigenvalue weighted by Gasteiger charge is -2.23. The predicted octanol–water partition coefficient (Wildman–Crippen LogP) is 2.55. The number of rotatable bonds is 5. The minimum Gasteiger partial charge on any atom is -0.374 e. The van der Waals surface area contributed by atoms with Gasteiger partial charge in [0.25, 0.3) is 0 Å². The molecule has 0 bridgehead atoms. The van der Waals surface area contributed by atoms with Gasteiger partial charge in [-0.05, 0) is 38.8 Å². The van der Waals surface area contributed by atoms with Crippen molar-refractivity contribution in [2.75, 3.05) is 13.2 Å². The van der Waals surface area contributed by atoms with E-state index in [1.165, 1.54) is 0 Å². The van der Waals surface area contributed by atoms with Crippen LogP contribution < -0.4 is 0 Å². The summed E-state index contributed by atoms with van der Waals surface area (Å²) in [6.45, 7) is 5.00. The van der Waals surface area contributed by atoms with Crippen molar-refractivity contribution >= 4 is 9.84 Å². The summed E-state index contributed by atoms with van der Waals surface area (Å²) in [5.41, 5.74) is 0. The van der Waals surface area contributed by atoms with Gasteiger partial charge in [0.05, 0.1) is 35.6 Å². The van der Waals surface area contributed by atoms with Crippen molar-refractivity contribution in [2.24, 2.45) is 0 Å². The predicted molar refractivity (Wildman–Crippen MR) is 85.9 cm³/mol. The summed E-state index contributed by atoms with van der Waals surface area (Å²) in [5.74, 6) is -0.553. The van der Waals surface area contributed by atoms with E-state index in [2.05, 4.69) is 0 Å². The van der Waals surface area contributed by atoms with Gasteiger partial charge in [-0.3, -0.25) is 0 Å². The fourth-order valence-corrected chi connectivity index (χ4v) is 5.29. The van der Waals surface area contributed by atoms with Crippen LogP contribution in [0.4, 0.5) is 0 Å². The summed E-state index contributed by atoms with van der Waals surface area (Å²) in [6.07, 6.45) is 1.60. The highest BCUT2D eigenvalue weighted by atomic mass is 32.2. The second-order valence-electron chi connectivity index (χ2n) is 6.46. The molecule has 2 aliphatic rings. The van der Waals surface area contributed by atoms with Gasteiger partial charge in [0.2, 0.25) is 0 Å². The molecular formula is C17H24O5S. The van der Waals surface area contributed by atoms with Crippen molar-refractivity contribution in [3.05, 3.63) is 30.3 Å². The highest BCUT2D eigenvalue weighted by molar-refractivity contribution is 7.92. The minimum absolute atomic E-state index is 0.0712. The molecule has 0 amide bonds. The van der Waals surface area contributed by atoms with Crippen LogP contribution in [-0.4, -0.2) is 44.9 Å². The van der Waals surface area contributed by atoms with Gasteiger partial charge in [-0.1, -0.05) is 18.2 Å². The molecule has 3 atom stereocenters. The smallest absolute Gasteiger partial charge is 0.183 e. The number of hydrogen-bond donors (Lipinski definition) is 0. The number of hydrogen-bond acceptors (Lipinski definition) is 5. The lowest BCUT2D eigenvalue weighted by molar-refractivity contribution is -0.152. The third-order valence-electron chi connectivity index (χ3n) is 4.71. The molecule has 6 heteroatoms. The Hall–Kier alpha value is -0.950. The van der Waals surface area contributed by atoms with E-state index in [0.717, 1.165) is 6.42 Å². The fourth-order valence-electron chi connectivity index (χ4n) is 3.37. The van der Waals surface area contributed by atoms with Crippen LogP contribution >= 0.6 is 0 Å². The molecule has 0 aliphatic carbocycles. The minimum atomic E-state index is -3.36. The van der Waals surface area contributed by atoms with Gasteiger partial charge in [0.1, 0.15) is 0 Å². The normalized spacial score (nSPS) is 30.6. The second kappa shape index (κ2) is 6.51. The second-order valence-corrected chi connectivity index (χ2v) is 8.63. The summed E-state index contributed by atoms with van der Waals surface area (Å²) in [5, 5.41) is -0.492. The quantitative estimate of drug-likeness (QED) is 0.824. The van der Waals surface area contributed by atoms with Crippen molar-refractivity contribution < 1.29 is 22.6 Å². The van der Waals surface area contributed by atoms with Crippen LogP contribution in [-0.2, 0) is 24.0 Å². The molecule has 1 aromatic carbocycles. The van der Waals surface area contributed by atoms with E-state index in [1.54, 1.807) is 24.3 Å². The van der Waals surface area contributed by atoms with Crippen LogP contribution in [0.25, 0.3) is 0 Å². The molecule has 23 heavy (non-hydrogen) atoms. The molecule has 2 saturated heterocycles. The Bertz CT molecular complexity index is 622. The summed E-state index contributed by atoms with van der Waals surface area (Å²) in [4.78, 5) is 0.371. The van der Waals surface area contributed by atoms with E-state index in [1.807, 2.05) is 19.9 Å². The van der Waals surface area contributed by atoms with Crippen LogP contribution in [0.5, 0.6) is 0 Å². The van der Waals surface area contributed by atoms with Gasteiger partial charge in [0.15, 0.2) is 15.6 Å². The first kappa shape index (κ1) is 16.9. The van der Waals surface area contributed by atoms with Gasteiger partial charge in [-0.25, -0.2) is 8.42 Å². The van der Waals surface area contributed by atoms with Gasteiger partial charge in [-0.15, -0.1) is 0 Å². The first-order valence-corrected chi connectivity index (χ1v) is 9.68. The Morgan fingerprint density at radius 2 is 1.83 bits per heavy atom. The first-order chi connectivity index (χ1) is 10.9. The third-order valence-corrected chi connectivity index (χ3v) is 7.02. The van der Waals surface area contributed by atoms with Crippen molar-refractivity contribution in [1.82, 2.24) is 0 Å². The third kappa shape index (κ3) is 3.60. The van der Waals surface area contributed by atoms with Gasteiger partial charge >= 0.3 is 0 Å². The van der Waals surface area contributed by atoms with E-state index in [4.69, 9.17) is 14.2 Å². The highest BCUT2D eigenvalue weighted by Crippen LogP contribution is 2.34. The summed E-state index contributed by atoms with van der Waals surface area (Å²) in [7, 11) is -3.36. The Kier molecular flexibility index (Phi) is 4.78. The van der Waals surface area contributed by atoms with E-state index < -0.39 is 20.9 Å².